The summed E-state index contributed by atoms with van der Waals surface area (Å²) in [5.41, 5.74) is 2.49. The van der Waals surface area contributed by atoms with Crippen LogP contribution in [0.5, 0.6) is 17.2 Å². The summed E-state index contributed by atoms with van der Waals surface area (Å²) in [4.78, 5) is 25.5. The molecule has 0 saturated carbocycles. The first kappa shape index (κ1) is 17.6. The van der Waals surface area contributed by atoms with Gasteiger partial charge in [-0.15, -0.1) is 0 Å². The highest BCUT2D eigenvalue weighted by Gasteiger charge is 2.16. The molecule has 4 aromatic rings. The lowest BCUT2D eigenvalue weighted by Crippen LogP contribution is -2.08. The van der Waals surface area contributed by atoms with E-state index in [0.29, 0.717) is 34.2 Å². The molecule has 0 saturated heterocycles. The van der Waals surface area contributed by atoms with Crippen molar-refractivity contribution in [3.63, 3.8) is 0 Å². The topological polar surface area (TPSA) is 91.5 Å². The van der Waals surface area contributed by atoms with Crippen LogP contribution < -0.4 is 9.47 Å². The molecular formula is C20H17N5O3. The van der Waals surface area contributed by atoms with E-state index in [2.05, 4.69) is 20.1 Å². The van der Waals surface area contributed by atoms with Gasteiger partial charge in [-0.2, -0.15) is 5.10 Å². The van der Waals surface area contributed by atoms with Crippen molar-refractivity contribution in [1.82, 2.24) is 24.6 Å². The second-order valence-electron chi connectivity index (χ2n) is 6.21. The summed E-state index contributed by atoms with van der Waals surface area (Å²) in [5.74, 6) is 1.55. The predicted molar refractivity (Wildman–Crippen MR) is 101 cm³/mol. The Morgan fingerprint density at radius 2 is 1.96 bits per heavy atom. The third-order valence-electron chi connectivity index (χ3n) is 4.11. The van der Waals surface area contributed by atoms with E-state index >= 15 is 0 Å². The number of Topliss-reactive ketones (excluding diaryl/α,β-unsaturated/α-hetero) is 1. The zero-order valence-electron chi connectivity index (χ0n) is 15.4. The lowest BCUT2D eigenvalue weighted by Gasteiger charge is -2.09. The first-order valence-electron chi connectivity index (χ1n) is 8.57. The molecule has 4 heterocycles. The number of pyridine rings is 3. The second kappa shape index (κ2) is 7.43. The minimum Gasteiger partial charge on any atom is -0.495 e. The molecule has 4 aromatic heterocycles. The highest BCUT2D eigenvalue weighted by molar-refractivity contribution is 6.02. The molecule has 0 amide bonds. The van der Waals surface area contributed by atoms with Gasteiger partial charge in [-0.05, 0) is 36.8 Å². The van der Waals surface area contributed by atoms with E-state index in [1.807, 2.05) is 13.0 Å². The number of ketones is 1. The highest BCUT2D eigenvalue weighted by atomic mass is 16.5. The van der Waals surface area contributed by atoms with Gasteiger partial charge >= 0.3 is 0 Å². The minimum atomic E-state index is -0.136. The molecule has 0 radical (unpaired) electrons. The molecule has 4 rings (SSSR count). The number of aryl methyl sites for hydroxylation is 1. The normalized spacial score (nSPS) is 10.8. The fourth-order valence-electron chi connectivity index (χ4n) is 2.78. The number of hydrogen-bond acceptors (Lipinski definition) is 7. The van der Waals surface area contributed by atoms with Gasteiger partial charge in [-0.25, -0.2) is 9.50 Å². The van der Waals surface area contributed by atoms with Crippen LogP contribution in [0, 0.1) is 6.92 Å². The Labute approximate surface area is 160 Å². The predicted octanol–water partition coefficient (Wildman–Crippen LogP) is 3.05. The zero-order valence-corrected chi connectivity index (χ0v) is 15.4. The fraction of sp³-hybridized carbons (Fsp3) is 0.150. The quantitative estimate of drug-likeness (QED) is 0.478. The summed E-state index contributed by atoms with van der Waals surface area (Å²) in [6.45, 7) is 1.93. The van der Waals surface area contributed by atoms with Gasteiger partial charge in [0.2, 0.25) is 0 Å². The third-order valence-corrected chi connectivity index (χ3v) is 4.11. The largest absolute Gasteiger partial charge is 0.495 e. The number of methoxy groups -OCH3 is 1. The van der Waals surface area contributed by atoms with Crippen molar-refractivity contribution in [2.75, 3.05) is 7.11 Å². The minimum absolute atomic E-state index is 0.127. The van der Waals surface area contributed by atoms with E-state index in [1.165, 1.54) is 10.8 Å². The van der Waals surface area contributed by atoms with Crippen LogP contribution in [0.1, 0.15) is 21.6 Å². The number of hydrogen-bond donors (Lipinski definition) is 0. The van der Waals surface area contributed by atoms with Crippen LogP contribution >= 0.6 is 0 Å². The maximum absolute atomic E-state index is 12.9. The summed E-state index contributed by atoms with van der Waals surface area (Å²) >= 11 is 0. The number of carbonyl (C=O) groups excluding carboxylic acids is 1. The number of fused-ring (bicyclic) bond motifs is 1. The van der Waals surface area contributed by atoms with Gasteiger partial charge in [0.1, 0.15) is 23.6 Å². The van der Waals surface area contributed by atoms with Crippen LogP contribution in [0.25, 0.3) is 5.65 Å². The Hall–Kier alpha value is -3.81. The monoisotopic (exact) mass is 375 g/mol. The van der Waals surface area contributed by atoms with Gasteiger partial charge in [0, 0.05) is 11.9 Å². The van der Waals surface area contributed by atoms with Crippen molar-refractivity contribution in [3.05, 3.63) is 72.2 Å². The van der Waals surface area contributed by atoms with E-state index < -0.39 is 0 Å². The fourth-order valence-corrected chi connectivity index (χ4v) is 2.78. The van der Waals surface area contributed by atoms with Crippen molar-refractivity contribution in [3.8, 4) is 17.2 Å². The average molecular weight is 375 g/mol. The van der Waals surface area contributed by atoms with Gasteiger partial charge in [0.05, 0.1) is 37.7 Å². The van der Waals surface area contributed by atoms with Gasteiger partial charge in [-0.1, -0.05) is 0 Å². The van der Waals surface area contributed by atoms with Crippen LogP contribution in [0.2, 0.25) is 0 Å². The SMILES string of the molecule is COc1ccc(CC(=O)c2cc(Oc3cncc(C)c3)cn3ncnc23)nc1. The smallest absolute Gasteiger partial charge is 0.172 e. The number of aromatic nitrogens is 5. The highest BCUT2D eigenvalue weighted by Crippen LogP contribution is 2.24. The molecule has 8 heteroatoms. The van der Waals surface area contributed by atoms with Crippen LogP contribution in [-0.4, -0.2) is 37.5 Å². The molecule has 0 aliphatic carbocycles. The van der Waals surface area contributed by atoms with E-state index in [9.17, 15) is 4.79 Å². The second-order valence-corrected chi connectivity index (χ2v) is 6.21. The zero-order chi connectivity index (χ0) is 19.5. The maximum Gasteiger partial charge on any atom is 0.172 e. The Kier molecular flexibility index (Phi) is 4.67. The van der Waals surface area contributed by atoms with Gasteiger partial charge < -0.3 is 9.47 Å². The molecule has 0 unspecified atom stereocenters. The molecule has 0 atom stereocenters. The summed E-state index contributed by atoms with van der Waals surface area (Å²) in [7, 11) is 1.57. The lowest BCUT2D eigenvalue weighted by atomic mass is 10.1. The molecule has 0 aromatic carbocycles. The van der Waals surface area contributed by atoms with Crippen LogP contribution in [0.4, 0.5) is 0 Å². The Bertz CT molecular complexity index is 1140. The third kappa shape index (κ3) is 3.66. The van der Waals surface area contributed by atoms with Crippen molar-refractivity contribution < 1.29 is 14.3 Å². The van der Waals surface area contributed by atoms with E-state index in [-0.39, 0.29) is 12.2 Å². The maximum atomic E-state index is 12.9. The van der Waals surface area contributed by atoms with E-state index in [1.54, 1.807) is 50.1 Å². The molecule has 0 N–H and O–H groups in total. The summed E-state index contributed by atoms with van der Waals surface area (Å²) in [6, 6.07) is 7.06. The molecule has 0 spiro atoms. The van der Waals surface area contributed by atoms with Gasteiger partial charge in [0.25, 0.3) is 0 Å². The number of nitrogens with zero attached hydrogens (tertiary/aromatic N) is 5. The molecule has 0 aliphatic rings. The number of carbonyl (C=O) groups is 1. The van der Waals surface area contributed by atoms with Crippen molar-refractivity contribution >= 4 is 11.4 Å². The summed E-state index contributed by atoms with van der Waals surface area (Å²) in [6.07, 6.45) is 8.13. The molecule has 28 heavy (non-hydrogen) atoms. The molecule has 0 bridgehead atoms. The molecule has 0 aliphatic heterocycles. The molecule has 0 fully saturated rings. The molecule has 8 nitrogen and oxygen atoms in total. The average Bonchev–Trinajstić information content (AvgIpc) is 3.16. The van der Waals surface area contributed by atoms with Crippen LogP contribution in [-0.2, 0) is 6.42 Å². The van der Waals surface area contributed by atoms with Crippen molar-refractivity contribution in [2.45, 2.75) is 13.3 Å². The van der Waals surface area contributed by atoms with Gasteiger partial charge in [0.15, 0.2) is 11.4 Å². The van der Waals surface area contributed by atoms with Crippen LogP contribution in [0.3, 0.4) is 0 Å². The first-order valence-corrected chi connectivity index (χ1v) is 8.57. The van der Waals surface area contributed by atoms with Gasteiger partial charge in [-0.3, -0.25) is 14.8 Å². The Balaban J connectivity index is 1.65. The van der Waals surface area contributed by atoms with Crippen molar-refractivity contribution in [2.24, 2.45) is 0 Å². The van der Waals surface area contributed by atoms with E-state index in [4.69, 9.17) is 9.47 Å². The first-order chi connectivity index (χ1) is 13.6. The van der Waals surface area contributed by atoms with Crippen molar-refractivity contribution in [1.29, 1.82) is 0 Å². The number of ether oxygens (including phenoxy) is 2. The molecular weight excluding hydrogens is 358 g/mol. The number of rotatable bonds is 6. The molecule has 140 valence electrons. The standard InChI is InChI=1S/C20H17N5O3/c1-13-5-16(9-21-8-13)28-17-7-18(20-23-12-24-25(20)11-17)19(26)6-14-3-4-15(27-2)10-22-14/h3-5,7-12H,6H2,1-2H3. The Morgan fingerprint density at radius 3 is 2.71 bits per heavy atom. The lowest BCUT2D eigenvalue weighted by molar-refractivity contribution is 0.0992. The van der Waals surface area contributed by atoms with Crippen LogP contribution in [0.15, 0.2) is 55.4 Å². The van der Waals surface area contributed by atoms with E-state index in [0.717, 1.165) is 5.56 Å². The summed E-state index contributed by atoms with van der Waals surface area (Å²) < 4.78 is 12.5. The Morgan fingerprint density at radius 1 is 1.07 bits per heavy atom. The summed E-state index contributed by atoms with van der Waals surface area (Å²) in [5, 5.41) is 4.14.